The van der Waals surface area contributed by atoms with Crippen LogP contribution in [-0.4, -0.2) is 6.54 Å². The van der Waals surface area contributed by atoms with Crippen LogP contribution in [0.4, 0.5) is 0 Å². The van der Waals surface area contributed by atoms with E-state index in [0.29, 0.717) is 6.04 Å². The smallest absolute Gasteiger partial charge is 0.108 e. The molecule has 0 fully saturated rings. The van der Waals surface area contributed by atoms with E-state index in [1.165, 1.54) is 56.3 Å². The van der Waals surface area contributed by atoms with E-state index in [4.69, 9.17) is 4.42 Å². The van der Waals surface area contributed by atoms with Gasteiger partial charge in [-0.1, -0.05) is 11.6 Å². The lowest BCUT2D eigenvalue weighted by Crippen LogP contribution is -2.25. The molecule has 2 heteroatoms. The van der Waals surface area contributed by atoms with Gasteiger partial charge in [-0.25, -0.2) is 0 Å². The molecule has 1 atom stereocenters. The lowest BCUT2D eigenvalue weighted by atomic mass is 9.93. The highest BCUT2D eigenvalue weighted by Crippen LogP contribution is 2.30. The van der Waals surface area contributed by atoms with Crippen LogP contribution in [-0.2, 0) is 6.42 Å². The number of aryl methyl sites for hydroxylation is 1. The van der Waals surface area contributed by atoms with E-state index in [1.54, 1.807) is 5.57 Å². The van der Waals surface area contributed by atoms with Gasteiger partial charge < -0.3 is 9.73 Å². The molecule has 0 aromatic carbocycles. The summed E-state index contributed by atoms with van der Waals surface area (Å²) in [6, 6.07) is 2.67. The summed E-state index contributed by atoms with van der Waals surface area (Å²) in [6.45, 7) is 1.11. The van der Waals surface area contributed by atoms with Crippen LogP contribution in [0.1, 0.15) is 62.3 Å². The molecule has 1 aromatic heterocycles. The van der Waals surface area contributed by atoms with Crippen molar-refractivity contribution in [2.75, 3.05) is 6.54 Å². The predicted octanol–water partition coefficient (Wildman–Crippen LogP) is 4.14. The number of hydrogen-bond donors (Lipinski definition) is 1. The van der Waals surface area contributed by atoms with Crippen LogP contribution in [0, 0.1) is 0 Å². The molecule has 0 radical (unpaired) electrons. The van der Waals surface area contributed by atoms with Crippen LogP contribution >= 0.6 is 0 Å². The first-order valence-electron chi connectivity index (χ1n) is 7.41. The molecule has 0 bridgehead atoms. The molecule has 0 aliphatic heterocycles. The topological polar surface area (TPSA) is 25.2 Å². The summed E-state index contributed by atoms with van der Waals surface area (Å²) in [7, 11) is 0. The monoisotopic (exact) mass is 245 g/mol. The Bertz CT molecular complexity index is 418. The van der Waals surface area contributed by atoms with Gasteiger partial charge >= 0.3 is 0 Å². The molecule has 2 nitrogen and oxygen atoms in total. The lowest BCUT2D eigenvalue weighted by molar-refractivity contribution is 0.412. The molecule has 1 aromatic rings. The molecule has 2 aliphatic carbocycles. The fourth-order valence-electron chi connectivity index (χ4n) is 3.24. The molecular formula is C16H23NO. The summed E-state index contributed by atoms with van der Waals surface area (Å²) in [5, 5.41) is 3.71. The highest BCUT2D eigenvalue weighted by molar-refractivity contribution is 5.24. The fourth-order valence-corrected chi connectivity index (χ4v) is 3.24. The van der Waals surface area contributed by atoms with E-state index < -0.39 is 0 Å². The van der Waals surface area contributed by atoms with Gasteiger partial charge in [-0.15, -0.1) is 0 Å². The van der Waals surface area contributed by atoms with Gasteiger partial charge in [-0.3, -0.25) is 0 Å². The van der Waals surface area contributed by atoms with Gasteiger partial charge in [0.05, 0.1) is 6.26 Å². The molecule has 1 heterocycles. The van der Waals surface area contributed by atoms with Crippen LogP contribution in [0.25, 0.3) is 0 Å². The maximum absolute atomic E-state index is 5.53. The molecule has 1 unspecified atom stereocenters. The van der Waals surface area contributed by atoms with E-state index in [1.807, 2.05) is 6.26 Å². The molecule has 0 amide bonds. The Kier molecular flexibility index (Phi) is 3.84. The zero-order valence-corrected chi connectivity index (χ0v) is 11.1. The Morgan fingerprint density at radius 2 is 2.22 bits per heavy atom. The van der Waals surface area contributed by atoms with Gasteiger partial charge in [-0.05, 0) is 57.6 Å². The average molecular weight is 245 g/mol. The van der Waals surface area contributed by atoms with Crippen LogP contribution in [0.5, 0.6) is 0 Å². The summed E-state index contributed by atoms with van der Waals surface area (Å²) >= 11 is 0. The van der Waals surface area contributed by atoms with Gasteiger partial charge in [0.2, 0.25) is 0 Å². The molecule has 3 rings (SSSR count). The summed E-state index contributed by atoms with van der Waals surface area (Å²) in [4.78, 5) is 0. The van der Waals surface area contributed by atoms with Crippen molar-refractivity contribution in [3.63, 3.8) is 0 Å². The first kappa shape index (κ1) is 12.0. The lowest BCUT2D eigenvalue weighted by Gasteiger charge is -2.23. The number of rotatable bonds is 4. The minimum absolute atomic E-state index is 0.525. The summed E-state index contributed by atoms with van der Waals surface area (Å²) < 4.78 is 5.53. The largest absolute Gasteiger partial charge is 0.469 e. The standard InChI is InChI=1S/C16H23NO/c1-2-5-13(6-3-1)9-11-17-15-7-4-8-16-14(15)10-12-18-16/h5,10,12,15,17H,1-4,6-9,11H2. The molecule has 0 spiro atoms. The van der Waals surface area contributed by atoms with Crippen molar-refractivity contribution >= 4 is 0 Å². The van der Waals surface area contributed by atoms with E-state index in [2.05, 4.69) is 17.5 Å². The quantitative estimate of drug-likeness (QED) is 0.807. The SMILES string of the molecule is C1=C(CCNC2CCCc3occc32)CCCC1. The number of allylic oxidation sites excluding steroid dienone is 1. The summed E-state index contributed by atoms with van der Waals surface area (Å²) in [5.41, 5.74) is 3.07. The minimum Gasteiger partial charge on any atom is -0.469 e. The Hall–Kier alpha value is -1.02. The highest BCUT2D eigenvalue weighted by Gasteiger charge is 2.21. The summed E-state index contributed by atoms with van der Waals surface area (Å²) in [6.07, 6.45) is 14.5. The number of hydrogen-bond acceptors (Lipinski definition) is 2. The summed E-state index contributed by atoms with van der Waals surface area (Å²) in [5.74, 6) is 1.20. The molecule has 1 N–H and O–H groups in total. The first-order valence-corrected chi connectivity index (χ1v) is 7.41. The van der Waals surface area contributed by atoms with Gasteiger partial charge in [0, 0.05) is 18.0 Å². The van der Waals surface area contributed by atoms with Crippen LogP contribution < -0.4 is 5.32 Å². The second-order valence-corrected chi connectivity index (χ2v) is 5.56. The molecule has 0 saturated carbocycles. The minimum atomic E-state index is 0.525. The van der Waals surface area contributed by atoms with Crippen LogP contribution in [0.2, 0.25) is 0 Å². The van der Waals surface area contributed by atoms with Crippen molar-refractivity contribution in [1.29, 1.82) is 0 Å². The second-order valence-electron chi connectivity index (χ2n) is 5.56. The molecule has 98 valence electrons. The van der Waals surface area contributed by atoms with Gasteiger partial charge in [0.1, 0.15) is 5.76 Å². The maximum atomic E-state index is 5.53. The second kappa shape index (κ2) is 5.75. The van der Waals surface area contributed by atoms with E-state index >= 15 is 0 Å². The highest BCUT2D eigenvalue weighted by atomic mass is 16.3. The Balaban J connectivity index is 1.51. The first-order chi connectivity index (χ1) is 8.93. The third-order valence-corrected chi connectivity index (χ3v) is 4.27. The third kappa shape index (κ3) is 2.69. The molecule has 2 aliphatic rings. The number of fused-ring (bicyclic) bond motifs is 1. The van der Waals surface area contributed by atoms with Crippen molar-refractivity contribution in [3.05, 3.63) is 35.3 Å². The molecule has 18 heavy (non-hydrogen) atoms. The van der Waals surface area contributed by atoms with E-state index in [9.17, 15) is 0 Å². The van der Waals surface area contributed by atoms with E-state index in [-0.39, 0.29) is 0 Å². The van der Waals surface area contributed by atoms with E-state index in [0.717, 1.165) is 13.0 Å². The molecule has 0 saturated heterocycles. The van der Waals surface area contributed by atoms with Crippen LogP contribution in [0.15, 0.2) is 28.4 Å². The maximum Gasteiger partial charge on any atom is 0.108 e. The van der Waals surface area contributed by atoms with Crippen molar-refractivity contribution < 1.29 is 4.42 Å². The number of furan rings is 1. The third-order valence-electron chi connectivity index (χ3n) is 4.27. The zero-order valence-electron chi connectivity index (χ0n) is 11.1. The Morgan fingerprint density at radius 3 is 3.11 bits per heavy atom. The van der Waals surface area contributed by atoms with Crippen molar-refractivity contribution in [2.24, 2.45) is 0 Å². The number of nitrogens with one attached hydrogen (secondary N) is 1. The van der Waals surface area contributed by atoms with Gasteiger partial charge in [0.25, 0.3) is 0 Å². The van der Waals surface area contributed by atoms with Crippen molar-refractivity contribution in [2.45, 2.75) is 57.4 Å². The van der Waals surface area contributed by atoms with Gasteiger partial charge in [-0.2, -0.15) is 0 Å². The van der Waals surface area contributed by atoms with Crippen LogP contribution in [0.3, 0.4) is 0 Å². The Morgan fingerprint density at radius 1 is 1.22 bits per heavy atom. The van der Waals surface area contributed by atoms with Crippen molar-refractivity contribution in [1.82, 2.24) is 5.32 Å². The zero-order chi connectivity index (χ0) is 12.2. The van der Waals surface area contributed by atoms with Gasteiger partial charge in [0.15, 0.2) is 0 Å². The molecular weight excluding hydrogens is 222 g/mol. The average Bonchev–Trinajstić information content (AvgIpc) is 2.89. The normalized spacial score (nSPS) is 23.6. The Labute approximate surface area is 109 Å². The fraction of sp³-hybridized carbons (Fsp3) is 0.625. The van der Waals surface area contributed by atoms with Crippen molar-refractivity contribution in [3.8, 4) is 0 Å². The predicted molar refractivity (Wildman–Crippen MR) is 73.6 cm³/mol.